The zero-order valence-electron chi connectivity index (χ0n) is 10.7. The first kappa shape index (κ1) is 14.3. The van der Waals surface area contributed by atoms with Gasteiger partial charge in [0.25, 0.3) is 0 Å². The molecule has 3 heteroatoms. The van der Waals surface area contributed by atoms with Crippen molar-refractivity contribution >= 4 is 5.91 Å². The van der Waals surface area contributed by atoms with Gasteiger partial charge in [0.2, 0.25) is 5.91 Å². The van der Waals surface area contributed by atoms with Crippen LogP contribution < -0.4 is 10.1 Å². The summed E-state index contributed by atoms with van der Waals surface area (Å²) >= 11 is 0. The van der Waals surface area contributed by atoms with Crippen molar-refractivity contribution in [2.45, 2.75) is 25.7 Å². The Kier molecular flexibility index (Phi) is 7.37. The molecular formula is C15H21NO2. The second-order valence-electron chi connectivity index (χ2n) is 4.07. The molecule has 0 aliphatic heterocycles. The molecule has 0 aromatic heterocycles. The molecule has 1 aromatic carbocycles. The van der Waals surface area contributed by atoms with Gasteiger partial charge in [0.15, 0.2) is 0 Å². The average molecular weight is 247 g/mol. The molecule has 0 saturated heterocycles. The minimum atomic E-state index is -0.0950. The predicted molar refractivity (Wildman–Crippen MR) is 73.6 cm³/mol. The van der Waals surface area contributed by atoms with Gasteiger partial charge in [0.05, 0.1) is 6.61 Å². The Morgan fingerprint density at radius 2 is 1.89 bits per heavy atom. The Balaban J connectivity index is 1.90. The molecule has 0 heterocycles. The highest BCUT2D eigenvalue weighted by molar-refractivity contribution is 5.86. The number of hydrogen-bond donors (Lipinski definition) is 1. The van der Waals surface area contributed by atoms with E-state index >= 15 is 0 Å². The molecule has 0 aliphatic carbocycles. The summed E-state index contributed by atoms with van der Waals surface area (Å²) in [4.78, 5) is 10.9. The standard InChI is InChI=1S/C15H21NO2/c1-2-15(17)16-12-8-3-4-9-13-18-14-10-6-5-7-11-14/h2,5-7,10-11H,1,3-4,8-9,12-13H2,(H,16,17). The van der Waals surface area contributed by atoms with Crippen LogP contribution in [0.4, 0.5) is 0 Å². The summed E-state index contributed by atoms with van der Waals surface area (Å²) in [5.41, 5.74) is 0. The summed E-state index contributed by atoms with van der Waals surface area (Å²) < 4.78 is 5.59. The fourth-order valence-electron chi connectivity index (χ4n) is 1.57. The van der Waals surface area contributed by atoms with Gasteiger partial charge in [-0.2, -0.15) is 0 Å². The summed E-state index contributed by atoms with van der Waals surface area (Å²) in [7, 11) is 0. The lowest BCUT2D eigenvalue weighted by Gasteiger charge is -2.05. The van der Waals surface area contributed by atoms with Crippen LogP contribution in [0.2, 0.25) is 0 Å². The van der Waals surface area contributed by atoms with Crippen molar-refractivity contribution in [1.29, 1.82) is 0 Å². The summed E-state index contributed by atoms with van der Waals surface area (Å²) in [5, 5.41) is 2.76. The second kappa shape index (κ2) is 9.28. The predicted octanol–water partition coefficient (Wildman–Crippen LogP) is 2.93. The summed E-state index contributed by atoms with van der Waals surface area (Å²) in [6.45, 7) is 4.88. The van der Waals surface area contributed by atoms with E-state index in [2.05, 4.69) is 11.9 Å². The molecule has 0 unspecified atom stereocenters. The highest BCUT2D eigenvalue weighted by Crippen LogP contribution is 2.09. The van der Waals surface area contributed by atoms with Gasteiger partial charge in [-0.25, -0.2) is 0 Å². The molecule has 1 N–H and O–H groups in total. The Bertz CT molecular complexity index is 349. The van der Waals surface area contributed by atoms with Gasteiger partial charge in [-0.3, -0.25) is 4.79 Å². The summed E-state index contributed by atoms with van der Waals surface area (Å²) in [6, 6.07) is 9.84. The zero-order valence-corrected chi connectivity index (χ0v) is 10.7. The molecule has 0 saturated carbocycles. The molecule has 0 spiro atoms. The Morgan fingerprint density at radius 1 is 1.17 bits per heavy atom. The molecule has 0 atom stereocenters. The Hall–Kier alpha value is -1.77. The minimum Gasteiger partial charge on any atom is -0.494 e. The van der Waals surface area contributed by atoms with E-state index in [-0.39, 0.29) is 5.91 Å². The lowest BCUT2D eigenvalue weighted by atomic mass is 10.2. The SMILES string of the molecule is C=CC(=O)NCCCCCCOc1ccccc1. The van der Waals surface area contributed by atoms with Crippen molar-refractivity contribution in [1.82, 2.24) is 5.32 Å². The first-order chi connectivity index (χ1) is 8.83. The van der Waals surface area contributed by atoms with E-state index in [1.165, 1.54) is 6.08 Å². The average Bonchev–Trinajstić information content (AvgIpc) is 2.42. The van der Waals surface area contributed by atoms with E-state index in [0.717, 1.165) is 44.6 Å². The quantitative estimate of drug-likeness (QED) is 0.538. The molecule has 1 rings (SSSR count). The van der Waals surface area contributed by atoms with Crippen molar-refractivity contribution in [2.24, 2.45) is 0 Å². The Labute approximate surface area is 109 Å². The van der Waals surface area contributed by atoms with Gasteiger partial charge in [-0.05, 0) is 31.1 Å². The van der Waals surface area contributed by atoms with Gasteiger partial charge in [-0.1, -0.05) is 37.6 Å². The molecule has 0 aliphatic rings. The van der Waals surface area contributed by atoms with E-state index in [4.69, 9.17) is 4.74 Å². The molecule has 1 aromatic rings. The van der Waals surface area contributed by atoms with Crippen molar-refractivity contribution < 1.29 is 9.53 Å². The number of carbonyl (C=O) groups excluding carboxylic acids is 1. The minimum absolute atomic E-state index is 0.0950. The third kappa shape index (κ3) is 6.74. The number of ether oxygens (including phenoxy) is 1. The van der Waals surface area contributed by atoms with Crippen LogP contribution in [0.25, 0.3) is 0 Å². The number of benzene rings is 1. The molecule has 0 radical (unpaired) electrons. The normalized spacial score (nSPS) is 9.78. The number of amides is 1. The van der Waals surface area contributed by atoms with Gasteiger partial charge < -0.3 is 10.1 Å². The van der Waals surface area contributed by atoms with E-state index in [0.29, 0.717) is 0 Å². The largest absolute Gasteiger partial charge is 0.494 e. The maximum atomic E-state index is 10.9. The highest BCUT2D eigenvalue weighted by atomic mass is 16.5. The third-order valence-corrected chi connectivity index (χ3v) is 2.57. The maximum Gasteiger partial charge on any atom is 0.243 e. The van der Waals surface area contributed by atoms with E-state index in [9.17, 15) is 4.79 Å². The van der Waals surface area contributed by atoms with Crippen molar-refractivity contribution in [3.05, 3.63) is 43.0 Å². The van der Waals surface area contributed by atoms with Crippen molar-refractivity contribution in [3.63, 3.8) is 0 Å². The maximum absolute atomic E-state index is 10.9. The molecule has 3 nitrogen and oxygen atoms in total. The zero-order chi connectivity index (χ0) is 13.1. The van der Waals surface area contributed by atoms with Crippen LogP contribution in [0, 0.1) is 0 Å². The Morgan fingerprint density at radius 3 is 2.61 bits per heavy atom. The molecule has 0 fully saturated rings. The smallest absolute Gasteiger partial charge is 0.243 e. The fraction of sp³-hybridized carbons (Fsp3) is 0.400. The van der Waals surface area contributed by atoms with Crippen LogP contribution in [-0.2, 0) is 4.79 Å². The van der Waals surface area contributed by atoms with Gasteiger partial charge in [-0.15, -0.1) is 0 Å². The molecule has 1 amide bonds. The number of nitrogens with one attached hydrogen (secondary N) is 1. The number of para-hydroxylation sites is 1. The van der Waals surface area contributed by atoms with E-state index in [1.54, 1.807) is 0 Å². The van der Waals surface area contributed by atoms with Crippen LogP contribution in [0.5, 0.6) is 5.75 Å². The number of rotatable bonds is 9. The number of hydrogen-bond acceptors (Lipinski definition) is 2. The second-order valence-corrected chi connectivity index (χ2v) is 4.07. The summed E-state index contributed by atoms with van der Waals surface area (Å²) in [5.74, 6) is 0.832. The first-order valence-corrected chi connectivity index (χ1v) is 6.41. The lowest BCUT2D eigenvalue weighted by molar-refractivity contribution is -0.116. The number of carbonyl (C=O) groups is 1. The highest BCUT2D eigenvalue weighted by Gasteiger charge is 1.95. The van der Waals surface area contributed by atoms with Crippen LogP contribution in [-0.4, -0.2) is 19.1 Å². The topological polar surface area (TPSA) is 38.3 Å². The van der Waals surface area contributed by atoms with Gasteiger partial charge >= 0.3 is 0 Å². The molecule has 18 heavy (non-hydrogen) atoms. The molecule has 0 bridgehead atoms. The van der Waals surface area contributed by atoms with E-state index in [1.807, 2.05) is 30.3 Å². The lowest BCUT2D eigenvalue weighted by Crippen LogP contribution is -2.21. The van der Waals surface area contributed by atoms with Gasteiger partial charge in [0, 0.05) is 6.54 Å². The van der Waals surface area contributed by atoms with Crippen LogP contribution in [0.3, 0.4) is 0 Å². The van der Waals surface area contributed by atoms with E-state index < -0.39 is 0 Å². The third-order valence-electron chi connectivity index (χ3n) is 2.57. The molecular weight excluding hydrogens is 226 g/mol. The first-order valence-electron chi connectivity index (χ1n) is 6.41. The van der Waals surface area contributed by atoms with Crippen LogP contribution in [0.15, 0.2) is 43.0 Å². The summed E-state index contributed by atoms with van der Waals surface area (Å²) in [6.07, 6.45) is 5.58. The molecule has 98 valence electrons. The van der Waals surface area contributed by atoms with Crippen LogP contribution >= 0.6 is 0 Å². The van der Waals surface area contributed by atoms with Crippen LogP contribution in [0.1, 0.15) is 25.7 Å². The number of unbranched alkanes of at least 4 members (excludes halogenated alkanes) is 3. The van der Waals surface area contributed by atoms with Gasteiger partial charge in [0.1, 0.15) is 5.75 Å². The van der Waals surface area contributed by atoms with Crippen molar-refractivity contribution in [3.8, 4) is 5.75 Å². The fourth-order valence-corrected chi connectivity index (χ4v) is 1.57. The van der Waals surface area contributed by atoms with Crippen molar-refractivity contribution in [2.75, 3.05) is 13.2 Å². The monoisotopic (exact) mass is 247 g/mol.